The van der Waals surface area contributed by atoms with Gasteiger partial charge in [0.15, 0.2) is 6.29 Å². The Hall–Kier alpha value is -2.45. The van der Waals surface area contributed by atoms with E-state index in [9.17, 15) is 18.3 Å². The smallest absolute Gasteiger partial charge is 0.364 e. The molecule has 0 bridgehead atoms. The summed E-state index contributed by atoms with van der Waals surface area (Å²) in [5, 5.41) is 10.8. The molecule has 0 radical (unpaired) electrons. The van der Waals surface area contributed by atoms with Crippen LogP contribution >= 0.6 is 23.4 Å². The van der Waals surface area contributed by atoms with Gasteiger partial charge in [0.2, 0.25) is 0 Å². The minimum Gasteiger partial charge on any atom is -0.364 e. The van der Waals surface area contributed by atoms with Gasteiger partial charge in [0.25, 0.3) is 0 Å². The van der Waals surface area contributed by atoms with Gasteiger partial charge in [0, 0.05) is 34.5 Å². The molecule has 8 heteroatoms. The summed E-state index contributed by atoms with van der Waals surface area (Å²) in [6, 6.07) is 20.4. The van der Waals surface area contributed by atoms with Gasteiger partial charge in [0.1, 0.15) is 5.69 Å². The minimum atomic E-state index is -4.59. The van der Waals surface area contributed by atoms with E-state index in [1.165, 1.54) is 11.7 Å². The highest BCUT2D eigenvalue weighted by Crippen LogP contribution is 2.46. The molecule has 1 heterocycles. The Balaban J connectivity index is 1.90. The predicted octanol–water partition coefficient (Wildman–Crippen LogP) is 7.15. The number of hydrogen-bond donors (Lipinski definition) is 1. The number of nitrogens with zero attached hydrogens (tertiary/aromatic N) is 1. The van der Waals surface area contributed by atoms with Gasteiger partial charge in [-0.25, -0.2) is 0 Å². The fourth-order valence-electron chi connectivity index (χ4n) is 3.59. The standard InChI is InChI=1S/C24H19ClF3NO2S/c1-31-23(30)16-8-5-9-18(12-16)32-21-19-11-10-17(25)13-20(19)29(22(21)24(26,27)28)14-15-6-3-2-4-7-15/h2-13,23,30H,14H2,1H3. The molecule has 166 valence electrons. The van der Waals surface area contributed by atoms with Gasteiger partial charge in [-0.15, -0.1) is 0 Å². The molecule has 3 nitrogen and oxygen atoms in total. The molecule has 0 saturated heterocycles. The number of benzene rings is 3. The Morgan fingerprint density at radius 3 is 2.47 bits per heavy atom. The fraction of sp³-hybridized carbons (Fsp3) is 0.167. The molecule has 1 unspecified atom stereocenters. The van der Waals surface area contributed by atoms with E-state index in [0.29, 0.717) is 26.4 Å². The second-order valence-electron chi connectivity index (χ2n) is 7.17. The van der Waals surface area contributed by atoms with E-state index < -0.39 is 18.2 Å². The Bertz CT molecular complexity index is 1240. The van der Waals surface area contributed by atoms with Crippen molar-refractivity contribution < 1.29 is 23.0 Å². The Morgan fingerprint density at radius 1 is 1.03 bits per heavy atom. The normalized spacial score (nSPS) is 12.9. The van der Waals surface area contributed by atoms with Crippen LogP contribution in [0.15, 0.2) is 82.6 Å². The summed E-state index contributed by atoms with van der Waals surface area (Å²) in [7, 11) is 1.35. The third-order valence-electron chi connectivity index (χ3n) is 5.02. The van der Waals surface area contributed by atoms with Gasteiger partial charge >= 0.3 is 6.18 Å². The summed E-state index contributed by atoms with van der Waals surface area (Å²) in [5.41, 5.74) is 0.879. The van der Waals surface area contributed by atoms with Crippen molar-refractivity contribution >= 4 is 34.3 Å². The Labute approximate surface area is 192 Å². The highest BCUT2D eigenvalue weighted by molar-refractivity contribution is 7.99. The molecular weight excluding hydrogens is 459 g/mol. The van der Waals surface area contributed by atoms with Crippen molar-refractivity contribution in [2.45, 2.75) is 28.8 Å². The number of alkyl halides is 3. The average molecular weight is 478 g/mol. The molecule has 0 fully saturated rings. The van der Waals surface area contributed by atoms with Crippen molar-refractivity contribution in [3.05, 3.63) is 94.6 Å². The number of methoxy groups -OCH3 is 1. The number of aliphatic hydroxyl groups is 1. The number of aliphatic hydroxyl groups excluding tert-OH is 1. The molecule has 1 N–H and O–H groups in total. The molecule has 0 aliphatic rings. The van der Waals surface area contributed by atoms with Gasteiger partial charge in [-0.05, 0) is 29.8 Å². The van der Waals surface area contributed by atoms with E-state index in [1.807, 2.05) is 6.07 Å². The maximum Gasteiger partial charge on any atom is 0.432 e. The van der Waals surface area contributed by atoms with E-state index in [0.717, 1.165) is 17.3 Å². The van der Waals surface area contributed by atoms with Gasteiger partial charge in [0.05, 0.1) is 10.4 Å². The molecular formula is C24H19ClF3NO2S. The van der Waals surface area contributed by atoms with E-state index in [1.54, 1.807) is 66.7 Å². The van der Waals surface area contributed by atoms with Crippen molar-refractivity contribution in [3.63, 3.8) is 0 Å². The number of rotatable bonds is 6. The van der Waals surface area contributed by atoms with Crippen LogP contribution in [-0.4, -0.2) is 16.8 Å². The van der Waals surface area contributed by atoms with Crippen LogP contribution in [0.1, 0.15) is 23.1 Å². The Kier molecular flexibility index (Phi) is 6.53. The second kappa shape index (κ2) is 9.19. The van der Waals surface area contributed by atoms with Crippen molar-refractivity contribution in [2.24, 2.45) is 0 Å². The Morgan fingerprint density at radius 2 is 1.78 bits per heavy atom. The van der Waals surface area contributed by atoms with Gasteiger partial charge in [-0.1, -0.05) is 71.9 Å². The van der Waals surface area contributed by atoms with Crippen LogP contribution < -0.4 is 0 Å². The van der Waals surface area contributed by atoms with Crippen LogP contribution in [0.5, 0.6) is 0 Å². The zero-order valence-corrected chi connectivity index (χ0v) is 18.5. The third-order valence-corrected chi connectivity index (χ3v) is 6.36. The molecule has 32 heavy (non-hydrogen) atoms. The zero-order chi connectivity index (χ0) is 22.9. The molecule has 0 aliphatic heterocycles. The maximum absolute atomic E-state index is 14.4. The molecule has 0 aliphatic carbocycles. The van der Waals surface area contributed by atoms with Crippen LogP contribution in [0.2, 0.25) is 5.02 Å². The van der Waals surface area contributed by atoms with Crippen molar-refractivity contribution in [2.75, 3.05) is 7.11 Å². The first-order chi connectivity index (χ1) is 15.3. The van der Waals surface area contributed by atoms with E-state index >= 15 is 0 Å². The molecule has 4 rings (SSSR count). The number of hydrogen-bond acceptors (Lipinski definition) is 3. The number of ether oxygens (including phenoxy) is 1. The minimum absolute atomic E-state index is 0.0511. The van der Waals surface area contributed by atoms with Crippen LogP contribution in [0, 0.1) is 0 Å². The lowest BCUT2D eigenvalue weighted by atomic mass is 10.2. The summed E-state index contributed by atoms with van der Waals surface area (Å²) >= 11 is 7.16. The molecule has 3 aromatic carbocycles. The SMILES string of the molecule is COC(O)c1cccc(Sc2c(C(F)(F)F)n(Cc3ccccc3)c3cc(Cl)ccc23)c1. The van der Waals surface area contributed by atoms with E-state index in [-0.39, 0.29) is 11.4 Å². The number of halogens is 4. The molecule has 4 aromatic rings. The monoisotopic (exact) mass is 477 g/mol. The first-order valence-electron chi connectivity index (χ1n) is 9.69. The van der Waals surface area contributed by atoms with Crippen molar-refractivity contribution in [1.29, 1.82) is 0 Å². The first-order valence-corrected chi connectivity index (χ1v) is 10.9. The lowest BCUT2D eigenvalue weighted by Gasteiger charge is -2.15. The molecule has 0 spiro atoms. The van der Waals surface area contributed by atoms with E-state index in [4.69, 9.17) is 16.3 Å². The molecule has 1 atom stereocenters. The summed E-state index contributed by atoms with van der Waals surface area (Å²) in [5.74, 6) is 0. The van der Waals surface area contributed by atoms with Crippen molar-refractivity contribution in [1.82, 2.24) is 4.57 Å². The summed E-state index contributed by atoms with van der Waals surface area (Å²) in [4.78, 5) is 0.641. The van der Waals surface area contributed by atoms with Gasteiger partial charge in [-0.3, -0.25) is 0 Å². The first kappa shape index (κ1) is 22.7. The number of fused-ring (bicyclic) bond motifs is 1. The van der Waals surface area contributed by atoms with Crippen LogP contribution in [-0.2, 0) is 17.5 Å². The number of aromatic nitrogens is 1. The van der Waals surface area contributed by atoms with Crippen molar-refractivity contribution in [3.8, 4) is 0 Å². The quantitative estimate of drug-likeness (QED) is 0.299. The lowest BCUT2D eigenvalue weighted by Crippen LogP contribution is -2.15. The van der Waals surface area contributed by atoms with Gasteiger partial charge in [-0.2, -0.15) is 13.2 Å². The summed E-state index contributed by atoms with van der Waals surface area (Å²) in [6.45, 7) is 0.0511. The molecule has 0 saturated carbocycles. The topological polar surface area (TPSA) is 34.4 Å². The molecule has 1 aromatic heterocycles. The van der Waals surface area contributed by atoms with E-state index in [2.05, 4.69) is 0 Å². The third kappa shape index (κ3) is 4.66. The largest absolute Gasteiger partial charge is 0.432 e. The van der Waals surface area contributed by atoms with Gasteiger partial charge < -0.3 is 14.4 Å². The van der Waals surface area contributed by atoms with Crippen LogP contribution in [0.4, 0.5) is 13.2 Å². The second-order valence-corrected chi connectivity index (χ2v) is 8.69. The van der Waals surface area contributed by atoms with Crippen LogP contribution in [0.3, 0.4) is 0 Å². The van der Waals surface area contributed by atoms with Crippen LogP contribution in [0.25, 0.3) is 10.9 Å². The summed E-state index contributed by atoms with van der Waals surface area (Å²) in [6.07, 6.45) is -5.75. The fourth-order valence-corrected chi connectivity index (χ4v) is 4.94. The molecule has 0 amide bonds. The highest BCUT2D eigenvalue weighted by atomic mass is 35.5. The highest BCUT2D eigenvalue weighted by Gasteiger charge is 2.39. The average Bonchev–Trinajstić information content (AvgIpc) is 3.06. The maximum atomic E-state index is 14.4. The zero-order valence-electron chi connectivity index (χ0n) is 16.9. The predicted molar refractivity (Wildman–Crippen MR) is 120 cm³/mol. The summed E-state index contributed by atoms with van der Waals surface area (Å²) < 4.78 is 49.4. The lowest BCUT2D eigenvalue weighted by molar-refractivity contribution is -0.145.